The van der Waals surface area contributed by atoms with Crippen LogP contribution in [0.2, 0.25) is 5.02 Å². The number of nitro benzene ring substituents is 1. The van der Waals surface area contributed by atoms with Gasteiger partial charge in [-0.1, -0.05) is 17.7 Å². The largest absolute Gasteiger partial charge is 0.352 e. The van der Waals surface area contributed by atoms with E-state index in [-0.39, 0.29) is 16.3 Å². The number of rotatable bonds is 5. The molecule has 0 bridgehead atoms. The highest BCUT2D eigenvalue weighted by Gasteiger charge is 2.23. The van der Waals surface area contributed by atoms with E-state index in [1.807, 2.05) is 0 Å². The second-order valence-electron chi connectivity index (χ2n) is 4.79. The van der Waals surface area contributed by atoms with Gasteiger partial charge in [0.15, 0.2) is 0 Å². The molecule has 1 aromatic carbocycles. The van der Waals surface area contributed by atoms with Gasteiger partial charge in [-0.3, -0.25) is 14.9 Å². The average molecular weight is 298 g/mol. The Balaban J connectivity index is 1.99. The Hall–Kier alpha value is -1.66. The lowest BCUT2D eigenvalue weighted by Crippen LogP contribution is -2.27. The van der Waals surface area contributed by atoms with E-state index in [1.54, 1.807) is 0 Å². The van der Waals surface area contributed by atoms with Crippen LogP contribution in [0.25, 0.3) is 0 Å². The van der Waals surface area contributed by atoms with Gasteiger partial charge in [0.1, 0.15) is 5.56 Å². The van der Waals surface area contributed by atoms with Crippen molar-refractivity contribution in [1.82, 2.24) is 10.6 Å². The van der Waals surface area contributed by atoms with Crippen LogP contribution in [0, 0.1) is 16.0 Å². The zero-order chi connectivity index (χ0) is 14.5. The molecule has 0 spiro atoms. The standard InChI is InChI=1S/C13H16ClN3O3/c14-10-2-1-3-11(17(19)20)12(10)13(18)16-7-5-9-4-6-15-8-9/h1-3,9,15H,4-8H2,(H,16,18). The fraction of sp³-hybridized carbons (Fsp3) is 0.462. The van der Waals surface area contributed by atoms with E-state index >= 15 is 0 Å². The summed E-state index contributed by atoms with van der Waals surface area (Å²) in [6, 6.07) is 4.22. The Labute approximate surface area is 121 Å². The lowest BCUT2D eigenvalue weighted by molar-refractivity contribution is -0.385. The Kier molecular flexibility index (Phi) is 4.92. The number of nitro groups is 1. The highest BCUT2D eigenvalue weighted by Crippen LogP contribution is 2.26. The predicted octanol–water partition coefficient (Wildman–Crippen LogP) is 1.98. The van der Waals surface area contributed by atoms with Crippen LogP contribution in [0.15, 0.2) is 18.2 Å². The van der Waals surface area contributed by atoms with E-state index in [0.717, 1.165) is 25.9 Å². The van der Waals surface area contributed by atoms with E-state index in [4.69, 9.17) is 11.6 Å². The maximum Gasteiger partial charge on any atom is 0.283 e. The SMILES string of the molecule is O=C(NCCC1CCNC1)c1c(Cl)cccc1[N+](=O)[O-]. The summed E-state index contributed by atoms with van der Waals surface area (Å²) in [5.74, 6) is 0.0600. The van der Waals surface area contributed by atoms with Crippen molar-refractivity contribution in [2.45, 2.75) is 12.8 Å². The molecule has 0 radical (unpaired) electrons. The van der Waals surface area contributed by atoms with Gasteiger partial charge in [0.05, 0.1) is 9.95 Å². The Morgan fingerprint density at radius 1 is 1.55 bits per heavy atom. The van der Waals surface area contributed by atoms with Crippen LogP contribution in [-0.4, -0.2) is 30.5 Å². The maximum atomic E-state index is 12.0. The van der Waals surface area contributed by atoms with Crippen molar-refractivity contribution < 1.29 is 9.72 Å². The minimum atomic E-state index is -0.596. The molecule has 20 heavy (non-hydrogen) atoms. The summed E-state index contributed by atoms with van der Waals surface area (Å²) >= 11 is 5.90. The van der Waals surface area contributed by atoms with Gasteiger partial charge in [0.2, 0.25) is 0 Å². The molecule has 0 aromatic heterocycles. The molecule has 1 amide bonds. The molecule has 1 aliphatic rings. The van der Waals surface area contributed by atoms with Crippen molar-refractivity contribution in [3.8, 4) is 0 Å². The van der Waals surface area contributed by atoms with Crippen molar-refractivity contribution in [2.24, 2.45) is 5.92 Å². The minimum absolute atomic E-state index is 0.0660. The molecule has 2 rings (SSSR count). The number of benzene rings is 1. The fourth-order valence-corrected chi connectivity index (χ4v) is 2.58. The van der Waals surface area contributed by atoms with Gasteiger partial charge >= 0.3 is 0 Å². The summed E-state index contributed by atoms with van der Waals surface area (Å²) in [6.45, 7) is 2.46. The molecule has 1 saturated heterocycles. The summed E-state index contributed by atoms with van der Waals surface area (Å²) in [6.07, 6.45) is 1.96. The third-order valence-electron chi connectivity index (χ3n) is 3.42. The third-order valence-corrected chi connectivity index (χ3v) is 3.73. The molecular formula is C13H16ClN3O3. The second-order valence-corrected chi connectivity index (χ2v) is 5.20. The van der Waals surface area contributed by atoms with Crippen LogP contribution in [-0.2, 0) is 0 Å². The Morgan fingerprint density at radius 3 is 3.00 bits per heavy atom. The van der Waals surface area contributed by atoms with E-state index in [1.165, 1.54) is 18.2 Å². The first-order valence-corrected chi connectivity index (χ1v) is 6.89. The highest BCUT2D eigenvalue weighted by molar-refractivity contribution is 6.34. The lowest BCUT2D eigenvalue weighted by atomic mass is 10.1. The first kappa shape index (κ1) is 14.7. The molecule has 6 nitrogen and oxygen atoms in total. The highest BCUT2D eigenvalue weighted by atomic mass is 35.5. The monoisotopic (exact) mass is 297 g/mol. The number of halogens is 1. The summed E-state index contributed by atoms with van der Waals surface area (Å²) in [5.41, 5.74) is -0.332. The van der Waals surface area contributed by atoms with Crippen LogP contribution >= 0.6 is 11.6 Å². The van der Waals surface area contributed by atoms with Crippen LogP contribution in [0.3, 0.4) is 0 Å². The number of carbonyl (C=O) groups is 1. The summed E-state index contributed by atoms with van der Waals surface area (Å²) in [7, 11) is 0. The van der Waals surface area contributed by atoms with Gasteiger partial charge in [-0.05, 0) is 37.9 Å². The average Bonchev–Trinajstić information content (AvgIpc) is 2.91. The van der Waals surface area contributed by atoms with Crippen molar-refractivity contribution >= 4 is 23.2 Å². The fourth-order valence-electron chi connectivity index (χ4n) is 2.33. The summed E-state index contributed by atoms with van der Waals surface area (Å²) in [5, 5.41) is 17.0. The van der Waals surface area contributed by atoms with Crippen molar-refractivity contribution in [3.63, 3.8) is 0 Å². The number of carbonyl (C=O) groups excluding carboxylic acids is 1. The van der Waals surface area contributed by atoms with E-state index in [2.05, 4.69) is 10.6 Å². The van der Waals surface area contributed by atoms with E-state index in [0.29, 0.717) is 12.5 Å². The summed E-state index contributed by atoms with van der Waals surface area (Å²) in [4.78, 5) is 22.4. The first-order valence-electron chi connectivity index (χ1n) is 6.51. The molecule has 1 aromatic rings. The van der Waals surface area contributed by atoms with Crippen LogP contribution in [0.4, 0.5) is 5.69 Å². The molecule has 108 valence electrons. The number of amides is 1. The van der Waals surface area contributed by atoms with Gasteiger partial charge in [0, 0.05) is 12.6 Å². The molecule has 2 N–H and O–H groups in total. The van der Waals surface area contributed by atoms with Gasteiger partial charge in [-0.15, -0.1) is 0 Å². The van der Waals surface area contributed by atoms with Gasteiger partial charge in [-0.2, -0.15) is 0 Å². The molecule has 1 heterocycles. The van der Waals surface area contributed by atoms with Crippen molar-refractivity contribution in [2.75, 3.05) is 19.6 Å². The molecule has 0 aliphatic carbocycles. The number of hydrogen-bond acceptors (Lipinski definition) is 4. The maximum absolute atomic E-state index is 12.0. The molecule has 0 saturated carbocycles. The van der Waals surface area contributed by atoms with E-state index < -0.39 is 10.8 Å². The topological polar surface area (TPSA) is 84.3 Å². The van der Waals surface area contributed by atoms with Crippen molar-refractivity contribution in [1.29, 1.82) is 0 Å². The predicted molar refractivity (Wildman–Crippen MR) is 76.0 cm³/mol. The van der Waals surface area contributed by atoms with Gasteiger partial charge in [0.25, 0.3) is 11.6 Å². The van der Waals surface area contributed by atoms with E-state index in [9.17, 15) is 14.9 Å². The van der Waals surface area contributed by atoms with Crippen LogP contribution in [0.5, 0.6) is 0 Å². The van der Waals surface area contributed by atoms with Crippen molar-refractivity contribution in [3.05, 3.63) is 38.9 Å². The Morgan fingerprint density at radius 2 is 2.35 bits per heavy atom. The summed E-state index contributed by atoms with van der Waals surface area (Å²) < 4.78 is 0. The number of nitrogens with zero attached hydrogens (tertiary/aromatic N) is 1. The molecule has 7 heteroatoms. The number of nitrogens with one attached hydrogen (secondary N) is 2. The normalized spacial score (nSPS) is 17.9. The third kappa shape index (κ3) is 3.46. The Bertz CT molecular complexity index is 516. The first-order chi connectivity index (χ1) is 9.59. The van der Waals surface area contributed by atoms with Gasteiger partial charge in [-0.25, -0.2) is 0 Å². The number of hydrogen-bond donors (Lipinski definition) is 2. The molecule has 1 unspecified atom stereocenters. The molecule has 1 fully saturated rings. The quantitative estimate of drug-likeness (QED) is 0.643. The van der Waals surface area contributed by atoms with Crippen LogP contribution in [0.1, 0.15) is 23.2 Å². The molecular weight excluding hydrogens is 282 g/mol. The van der Waals surface area contributed by atoms with Crippen LogP contribution < -0.4 is 10.6 Å². The smallest absolute Gasteiger partial charge is 0.283 e. The minimum Gasteiger partial charge on any atom is -0.352 e. The molecule has 1 atom stereocenters. The second kappa shape index (κ2) is 6.67. The lowest BCUT2D eigenvalue weighted by Gasteiger charge is -2.10. The zero-order valence-electron chi connectivity index (χ0n) is 10.9. The zero-order valence-corrected chi connectivity index (χ0v) is 11.7. The van der Waals surface area contributed by atoms with Gasteiger partial charge < -0.3 is 10.6 Å². The molecule has 1 aliphatic heterocycles.